The Hall–Kier alpha value is -0.680. The molecular weight excluding hydrogens is 570 g/mol. The van der Waals surface area contributed by atoms with E-state index in [-0.39, 0.29) is 52.9 Å². The van der Waals surface area contributed by atoms with Gasteiger partial charge < -0.3 is 83.2 Å². The van der Waals surface area contributed by atoms with E-state index in [2.05, 4.69) is 0 Å². The molecule has 2 rings (SSSR count). The first-order valence-corrected chi connectivity index (χ1v) is 13.9. The van der Waals surface area contributed by atoms with Gasteiger partial charge in [-0.25, -0.2) is 0 Å². The van der Waals surface area contributed by atoms with Crippen LogP contribution in [0.15, 0.2) is 0 Å². The fourth-order valence-corrected chi connectivity index (χ4v) is 4.79. The SMILES string of the molecule is C[N+](C)(C)CC(O)COCCO[C@@H]1[C@@H](O)[C@H](OC2O[C@H](CO)[C@@H](OCCO)C(OCCO)[C@H]2O)[C@@H](COCO)O[C@H]1O. The van der Waals surface area contributed by atoms with E-state index in [1.165, 1.54) is 0 Å². The normalized spacial score (nSPS) is 34.9. The number of likely N-dealkylation sites (N-methyl/N-ethyl adjacent to an activating group) is 1. The lowest BCUT2D eigenvalue weighted by molar-refractivity contribution is -0.873. The highest BCUT2D eigenvalue weighted by atomic mass is 16.7. The summed E-state index contributed by atoms with van der Waals surface area (Å²) >= 11 is 0. The summed E-state index contributed by atoms with van der Waals surface area (Å²) in [5.41, 5.74) is 0. The second-order valence-electron chi connectivity index (χ2n) is 11.0. The molecular formula is C25H50NO16+. The number of aliphatic hydroxyl groups excluding tert-OH is 8. The minimum Gasteiger partial charge on any atom is -0.394 e. The van der Waals surface area contributed by atoms with Gasteiger partial charge in [0.15, 0.2) is 12.6 Å². The smallest absolute Gasteiger partial charge is 0.187 e. The molecule has 2 saturated heterocycles. The minimum atomic E-state index is -1.63. The average molecular weight is 621 g/mol. The highest BCUT2D eigenvalue weighted by molar-refractivity contribution is 4.95. The van der Waals surface area contributed by atoms with Gasteiger partial charge in [0, 0.05) is 0 Å². The molecule has 42 heavy (non-hydrogen) atoms. The minimum absolute atomic E-state index is 0.0362. The van der Waals surface area contributed by atoms with Gasteiger partial charge in [-0.15, -0.1) is 0 Å². The monoisotopic (exact) mass is 620 g/mol. The maximum atomic E-state index is 11.2. The second-order valence-corrected chi connectivity index (χ2v) is 11.0. The third-order valence-corrected chi connectivity index (χ3v) is 6.50. The summed E-state index contributed by atoms with van der Waals surface area (Å²) in [7, 11) is 5.80. The number of rotatable bonds is 20. The molecule has 3 unspecified atom stereocenters. The Morgan fingerprint density at radius 2 is 1.36 bits per heavy atom. The van der Waals surface area contributed by atoms with Gasteiger partial charge in [-0.05, 0) is 0 Å². The number of ether oxygens (including phenoxy) is 8. The van der Waals surface area contributed by atoms with Crippen molar-refractivity contribution in [3.63, 3.8) is 0 Å². The van der Waals surface area contributed by atoms with E-state index in [4.69, 9.17) is 48.1 Å². The van der Waals surface area contributed by atoms with Crippen LogP contribution in [-0.4, -0.2) is 207 Å². The van der Waals surface area contributed by atoms with Crippen LogP contribution in [-0.2, 0) is 37.9 Å². The van der Waals surface area contributed by atoms with Gasteiger partial charge in [0.05, 0.1) is 80.6 Å². The number of hydrogen-bond donors (Lipinski definition) is 8. The van der Waals surface area contributed by atoms with Crippen LogP contribution in [0.4, 0.5) is 0 Å². The fraction of sp³-hybridized carbons (Fsp3) is 1.00. The molecule has 0 aliphatic carbocycles. The molecule has 2 aliphatic heterocycles. The van der Waals surface area contributed by atoms with Crippen molar-refractivity contribution in [2.24, 2.45) is 0 Å². The number of hydrogen-bond acceptors (Lipinski definition) is 16. The molecule has 0 spiro atoms. The lowest BCUT2D eigenvalue weighted by Gasteiger charge is -2.47. The Labute approximate surface area is 245 Å². The Balaban J connectivity index is 2.10. The summed E-state index contributed by atoms with van der Waals surface area (Å²) in [5, 5.41) is 80.3. The highest BCUT2D eigenvalue weighted by Crippen LogP contribution is 2.31. The zero-order valence-corrected chi connectivity index (χ0v) is 24.4. The molecule has 0 radical (unpaired) electrons. The summed E-state index contributed by atoms with van der Waals surface area (Å²) in [6, 6.07) is 0. The molecule has 0 bridgehead atoms. The average Bonchev–Trinajstić information content (AvgIpc) is 2.93. The fourth-order valence-electron chi connectivity index (χ4n) is 4.79. The first kappa shape index (κ1) is 37.5. The Morgan fingerprint density at radius 1 is 0.714 bits per heavy atom. The van der Waals surface area contributed by atoms with Crippen molar-refractivity contribution < 1.29 is 83.2 Å². The molecule has 2 aliphatic rings. The van der Waals surface area contributed by atoms with Crippen molar-refractivity contribution in [1.82, 2.24) is 0 Å². The van der Waals surface area contributed by atoms with Crippen molar-refractivity contribution in [2.45, 2.75) is 67.5 Å². The summed E-state index contributed by atoms with van der Waals surface area (Å²) in [5.74, 6) is 0. The standard InChI is InChI=1S/C25H50NO16/c1-26(2,3)10-15(31)12-35-8-9-39-23-18(32)20(17(13-36-14-30)40-24(23)34)42-25-19(33)22(38-7-5-28)21(37-6-4-27)16(11-29)41-25/h15-25,27-34H,4-14H2,1-3H3/q+1/t15?,16-,17-,18+,19-,20-,21-,22?,23-,24-,25?/m1/s1. The molecule has 2 heterocycles. The first-order valence-electron chi connectivity index (χ1n) is 13.9. The van der Waals surface area contributed by atoms with Crippen molar-refractivity contribution in [3.05, 3.63) is 0 Å². The van der Waals surface area contributed by atoms with Crippen LogP contribution in [0.1, 0.15) is 0 Å². The Morgan fingerprint density at radius 3 is 1.95 bits per heavy atom. The second kappa shape index (κ2) is 19.0. The van der Waals surface area contributed by atoms with E-state index < -0.39 is 80.9 Å². The van der Waals surface area contributed by atoms with Crippen LogP contribution in [0.3, 0.4) is 0 Å². The highest BCUT2D eigenvalue weighted by Gasteiger charge is 2.52. The summed E-state index contributed by atoms with van der Waals surface area (Å²) in [6.45, 7) is -2.18. The molecule has 11 atom stereocenters. The van der Waals surface area contributed by atoms with Crippen molar-refractivity contribution >= 4 is 0 Å². The van der Waals surface area contributed by atoms with Crippen LogP contribution in [0.2, 0.25) is 0 Å². The van der Waals surface area contributed by atoms with Crippen molar-refractivity contribution in [1.29, 1.82) is 0 Å². The Bertz CT molecular complexity index is 716. The predicted molar refractivity (Wildman–Crippen MR) is 140 cm³/mol. The van der Waals surface area contributed by atoms with E-state index in [1.807, 2.05) is 21.1 Å². The number of nitrogens with zero attached hydrogens (tertiary/aromatic N) is 1. The zero-order chi connectivity index (χ0) is 31.3. The van der Waals surface area contributed by atoms with E-state index in [1.54, 1.807) is 0 Å². The number of aliphatic hydroxyl groups is 8. The maximum absolute atomic E-state index is 11.2. The van der Waals surface area contributed by atoms with Crippen molar-refractivity contribution in [2.75, 3.05) is 93.9 Å². The van der Waals surface area contributed by atoms with E-state index in [9.17, 15) is 30.6 Å². The molecule has 17 nitrogen and oxygen atoms in total. The first-order chi connectivity index (χ1) is 20.0. The molecule has 0 aromatic heterocycles. The Kier molecular flexibility index (Phi) is 16.9. The van der Waals surface area contributed by atoms with Gasteiger partial charge in [-0.3, -0.25) is 0 Å². The van der Waals surface area contributed by atoms with Crippen LogP contribution in [0.5, 0.6) is 0 Å². The van der Waals surface area contributed by atoms with Crippen LogP contribution >= 0.6 is 0 Å². The van der Waals surface area contributed by atoms with E-state index >= 15 is 0 Å². The van der Waals surface area contributed by atoms with Gasteiger partial charge in [0.25, 0.3) is 0 Å². The molecule has 0 amide bonds. The van der Waals surface area contributed by atoms with E-state index in [0.717, 1.165) is 0 Å². The van der Waals surface area contributed by atoms with Gasteiger partial charge in [0.1, 0.15) is 68.3 Å². The third kappa shape index (κ3) is 11.7. The quantitative estimate of drug-likeness (QED) is 0.0360. The molecule has 2 fully saturated rings. The van der Waals surface area contributed by atoms with Crippen molar-refractivity contribution in [3.8, 4) is 0 Å². The summed E-state index contributed by atoms with van der Waals surface area (Å²) < 4.78 is 44.9. The van der Waals surface area contributed by atoms with Gasteiger partial charge in [-0.2, -0.15) is 0 Å². The predicted octanol–water partition coefficient (Wildman–Crippen LogP) is -5.28. The van der Waals surface area contributed by atoms with Crippen LogP contribution in [0, 0.1) is 0 Å². The lowest BCUT2D eigenvalue weighted by Crippen LogP contribution is -2.65. The third-order valence-electron chi connectivity index (χ3n) is 6.50. The van der Waals surface area contributed by atoms with Crippen LogP contribution < -0.4 is 0 Å². The molecule has 17 heteroatoms. The summed E-state index contributed by atoms with van der Waals surface area (Å²) in [4.78, 5) is 0. The van der Waals surface area contributed by atoms with Gasteiger partial charge in [0.2, 0.25) is 0 Å². The topological polar surface area (TPSA) is 236 Å². The molecule has 0 aromatic rings. The molecule has 0 saturated carbocycles. The largest absolute Gasteiger partial charge is 0.394 e. The maximum Gasteiger partial charge on any atom is 0.187 e. The molecule has 8 N–H and O–H groups in total. The van der Waals surface area contributed by atoms with E-state index in [0.29, 0.717) is 11.0 Å². The molecule has 0 aromatic carbocycles. The van der Waals surface area contributed by atoms with Crippen LogP contribution in [0.25, 0.3) is 0 Å². The zero-order valence-electron chi connectivity index (χ0n) is 24.4. The molecule has 250 valence electrons. The van der Waals surface area contributed by atoms with Gasteiger partial charge in [-0.1, -0.05) is 0 Å². The summed E-state index contributed by atoms with van der Waals surface area (Å²) in [6.07, 6.45) is -14.1. The van der Waals surface area contributed by atoms with Gasteiger partial charge >= 0.3 is 0 Å². The number of quaternary nitrogens is 1. The lowest BCUT2D eigenvalue weighted by atomic mass is 9.96.